The Bertz CT molecular complexity index is 1230. The second-order valence-electron chi connectivity index (χ2n) is 7.37. The van der Waals surface area contributed by atoms with E-state index < -0.39 is 11.3 Å². The van der Waals surface area contributed by atoms with Crippen LogP contribution in [0.3, 0.4) is 0 Å². The van der Waals surface area contributed by atoms with Crippen LogP contribution in [-0.4, -0.2) is 32.8 Å². The molecule has 2 aliphatic heterocycles. The molecule has 3 N–H and O–H groups in total. The second kappa shape index (κ2) is 6.75. The number of thioether (sulfide) groups is 1. The van der Waals surface area contributed by atoms with Crippen LogP contribution in [0.4, 0.5) is 5.69 Å². The van der Waals surface area contributed by atoms with Gasteiger partial charge in [0.1, 0.15) is 11.5 Å². The highest BCUT2D eigenvalue weighted by Crippen LogP contribution is 2.58. The fourth-order valence-electron chi connectivity index (χ4n) is 4.29. The van der Waals surface area contributed by atoms with Crippen molar-refractivity contribution in [1.29, 1.82) is 0 Å². The van der Waals surface area contributed by atoms with E-state index in [1.165, 1.54) is 36.0 Å². The fourth-order valence-corrected chi connectivity index (χ4v) is 6.84. The molecule has 30 heavy (non-hydrogen) atoms. The van der Waals surface area contributed by atoms with Crippen molar-refractivity contribution in [3.05, 3.63) is 68.6 Å². The number of H-pyrrole nitrogens is 1. The number of nitrogens with zero attached hydrogens (tertiary/aromatic N) is 1. The number of carbonyl (C=O) groups excluding carboxylic acids is 2. The Morgan fingerprint density at radius 1 is 1.03 bits per heavy atom. The zero-order chi connectivity index (χ0) is 21.0. The van der Waals surface area contributed by atoms with Gasteiger partial charge in [0.2, 0.25) is 11.8 Å². The Morgan fingerprint density at radius 3 is 2.50 bits per heavy atom. The summed E-state index contributed by atoms with van der Waals surface area (Å²) in [6, 6.07) is 12.6. The number of aromatic nitrogens is 1. The van der Waals surface area contributed by atoms with Crippen LogP contribution in [0.2, 0.25) is 0 Å². The van der Waals surface area contributed by atoms with Gasteiger partial charge in [-0.1, -0.05) is 29.5 Å². The van der Waals surface area contributed by atoms with Crippen molar-refractivity contribution >= 4 is 40.6 Å². The molecule has 2 atom stereocenters. The van der Waals surface area contributed by atoms with Crippen molar-refractivity contribution in [3.8, 4) is 11.5 Å². The predicted octanol–water partition coefficient (Wildman–Crippen LogP) is 3.04. The number of carbonyl (C=O) groups is 2. The van der Waals surface area contributed by atoms with Gasteiger partial charge in [-0.2, -0.15) is 0 Å². The molecule has 5 rings (SSSR count). The average molecular weight is 441 g/mol. The number of anilines is 1. The topological polar surface area (TPSA) is 111 Å². The molecule has 0 radical (unpaired) electrons. The van der Waals surface area contributed by atoms with Gasteiger partial charge in [-0.15, -0.1) is 11.8 Å². The van der Waals surface area contributed by atoms with Crippen LogP contribution in [0.25, 0.3) is 0 Å². The van der Waals surface area contributed by atoms with Crippen molar-refractivity contribution < 1.29 is 19.8 Å². The average Bonchev–Trinajstić information content (AvgIpc) is 3.21. The van der Waals surface area contributed by atoms with Gasteiger partial charge in [0.05, 0.1) is 16.1 Å². The normalized spacial score (nSPS) is 23.2. The predicted molar refractivity (Wildman–Crippen MR) is 113 cm³/mol. The van der Waals surface area contributed by atoms with Crippen LogP contribution in [0.1, 0.15) is 22.8 Å². The van der Waals surface area contributed by atoms with E-state index in [0.717, 1.165) is 16.2 Å². The number of rotatable bonds is 2. The maximum atomic E-state index is 13.8. The summed E-state index contributed by atoms with van der Waals surface area (Å²) in [4.78, 5) is 43.2. The van der Waals surface area contributed by atoms with E-state index in [-0.39, 0.29) is 34.6 Å². The van der Waals surface area contributed by atoms with Gasteiger partial charge in [0.25, 0.3) is 0 Å². The molecule has 2 aliphatic rings. The minimum atomic E-state index is -1.13. The SMILES string of the molecule is O=C1C[C@@]2(CSc3[nH]c(=O)sc3[C@H]2c2ccccc2O)C(=O)N1c1ccc(O)cc1. The smallest absolute Gasteiger partial charge is 0.305 e. The summed E-state index contributed by atoms with van der Waals surface area (Å²) in [5.41, 5.74) is -0.229. The van der Waals surface area contributed by atoms with E-state index in [0.29, 0.717) is 26.9 Å². The summed E-state index contributed by atoms with van der Waals surface area (Å²) in [5.74, 6) is -0.996. The molecule has 1 aromatic heterocycles. The third kappa shape index (κ3) is 2.69. The van der Waals surface area contributed by atoms with Gasteiger partial charge in [-0.3, -0.25) is 14.4 Å². The second-order valence-corrected chi connectivity index (χ2v) is 9.37. The molecule has 1 spiro atoms. The number of hydrogen-bond acceptors (Lipinski definition) is 7. The summed E-state index contributed by atoms with van der Waals surface area (Å²) >= 11 is 2.36. The maximum absolute atomic E-state index is 13.8. The van der Waals surface area contributed by atoms with Crippen LogP contribution in [0.15, 0.2) is 58.4 Å². The zero-order valence-electron chi connectivity index (χ0n) is 15.5. The first-order chi connectivity index (χ1) is 14.4. The number of para-hydroxylation sites is 1. The van der Waals surface area contributed by atoms with E-state index in [1.807, 2.05) is 0 Å². The highest BCUT2D eigenvalue weighted by atomic mass is 32.2. The molecule has 2 amide bonds. The lowest BCUT2D eigenvalue weighted by Crippen LogP contribution is -2.43. The third-order valence-electron chi connectivity index (χ3n) is 5.63. The van der Waals surface area contributed by atoms with Crippen molar-refractivity contribution in [3.63, 3.8) is 0 Å². The molecule has 0 bridgehead atoms. The van der Waals surface area contributed by atoms with E-state index in [4.69, 9.17) is 0 Å². The van der Waals surface area contributed by atoms with Crippen molar-refractivity contribution in [1.82, 2.24) is 4.98 Å². The number of aromatic hydroxyl groups is 2. The number of hydrogen-bond donors (Lipinski definition) is 3. The van der Waals surface area contributed by atoms with E-state index in [9.17, 15) is 24.6 Å². The standard InChI is InChI=1S/C21H16N2O5S2/c24-12-7-5-11(6-8-12)23-15(26)9-21(19(23)27)10-29-18-17(30-20(28)22-18)16(21)13-3-1-2-4-14(13)25/h1-8,16,24-25H,9-10H2,(H,22,28)/t16-,21+/m1/s1. The lowest BCUT2D eigenvalue weighted by Gasteiger charge is -2.38. The minimum Gasteiger partial charge on any atom is -0.508 e. The Labute approximate surface area is 179 Å². The molecular formula is C21H16N2O5S2. The summed E-state index contributed by atoms with van der Waals surface area (Å²) < 4.78 is 0. The lowest BCUT2D eigenvalue weighted by molar-refractivity contribution is -0.125. The van der Waals surface area contributed by atoms with Crippen LogP contribution < -0.4 is 9.77 Å². The van der Waals surface area contributed by atoms with Gasteiger partial charge < -0.3 is 15.2 Å². The molecule has 0 aliphatic carbocycles. The Morgan fingerprint density at radius 2 is 1.77 bits per heavy atom. The van der Waals surface area contributed by atoms with Crippen molar-refractivity contribution in [2.24, 2.45) is 5.41 Å². The molecule has 3 heterocycles. The molecule has 152 valence electrons. The molecule has 0 unspecified atom stereocenters. The largest absolute Gasteiger partial charge is 0.508 e. The number of nitrogens with one attached hydrogen (secondary N) is 1. The number of imide groups is 1. The number of phenols is 2. The minimum absolute atomic E-state index is 0.0175. The zero-order valence-corrected chi connectivity index (χ0v) is 17.1. The Balaban J connectivity index is 1.69. The summed E-state index contributed by atoms with van der Waals surface area (Å²) in [6.07, 6.45) is -0.0375. The maximum Gasteiger partial charge on any atom is 0.305 e. The molecule has 1 saturated heterocycles. The molecule has 9 heteroatoms. The molecule has 7 nitrogen and oxygen atoms in total. The number of fused-ring (bicyclic) bond motifs is 1. The highest BCUT2D eigenvalue weighted by molar-refractivity contribution is 7.99. The quantitative estimate of drug-likeness (QED) is 0.529. The molecular weight excluding hydrogens is 424 g/mol. The summed E-state index contributed by atoms with van der Waals surface area (Å²) in [5, 5.41) is 20.8. The van der Waals surface area contributed by atoms with Crippen molar-refractivity contribution in [2.45, 2.75) is 17.4 Å². The van der Waals surface area contributed by atoms with Gasteiger partial charge in [0, 0.05) is 28.5 Å². The molecule has 3 aromatic rings. The number of amides is 2. The van der Waals surface area contributed by atoms with Gasteiger partial charge in [-0.05, 0) is 30.3 Å². The summed E-state index contributed by atoms with van der Waals surface area (Å²) in [6.45, 7) is 0. The van der Waals surface area contributed by atoms with Crippen LogP contribution in [-0.2, 0) is 9.59 Å². The van der Waals surface area contributed by atoms with Crippen LogP contribution in [0.5, 0.6) is 11.5 Å². The monoisotopic (exact) mass is 440 g/mol. The van der Waals surface area contributed by atoms with E-state index in [1.54, 1.807) is 24.3 Å². The summed E-state index contributed by atoms with van der Waals surface area (Å²) in [7, 11) is 0. The van der Waals surface area contributed by atoms with Gasteiger partial charge >= 0.3 is 4.87 Å². The number of phenolic OH excluding ortho intramolecular Hbond substituents is 2. The van der Waals surface area contributed by atoms with Crippen molar-refractivity contribution in [2.75, 3.05) is 10.7 Å². The lowest BCUT2D eigenvalue weighted by atomic mass is 9.70. The first-order valence-electron chi connectivity index (χ1n) is 9.21. The molecule has 1 fully saturated rings. The van der Waals surface area contributed by atoms with E-state index in [2.05, 4.69) is 4.98 Å². The highest BCUT2D eigenvalue weighted by Gasteiger charge is 2.60. The molecule has 0 saturated carbocycles. The van der Waals surface area contributed by atoms with Crippen LogP contribution >= 0.6 is 23.1 Å². The fraction of sp³-hybridized carbons (Fsp3) is 0.190. The van der Waals surface area contributed by atoms with Gasteiger partial charge in [-0.25, -0.2) is 4.90 Å². The number of aromatic amines is 1. The number of thiazole rings is 1. The van der Waals surface area contributed by atoms with E-state index >= 15 is 0 Å². The van der Waals surface area contributed by atoms with Gasteiger partial charge in [0.15, 0.2) is 0 Å². The third-order valence-corrected chi connectivity index (χ3v) is 7.98. The Hall–Kier alpha value is -3.04. The first-order valence-corrected chi connectivity index (χ1v) is 11.0. The molecule has 2 aromatic carbocycles. The first kappa shape index (κ1) is 19.0. The number of benzene rings is 2. The van der Waals surface area contributed by atoms with Crippen LogP contribution in [0, 0.1) is 5.41 Å². The Kier molecular flexibility index (Phi) is 4.26.